The van der Waals surface area contributed by atoms with E-state index in [1.165, 1.54) is 44.5 Å². The Balaban J connectivity index is 0.000000829. The lowest BCUT2D eigenvalue weighted by molar-refractivity contribution is 0.786. The average molecular weight is 361 g/mol. The molecule has 0 saturated heterocycles. The van der Waals surface area contributed by atoms with E-state index in [1.807, 2.05) is 13.8 Å². The van der Waals surface area contributed by atoms with Crippen LogP contribution in [0.4, 0.5) is 0 Å². The zero-order valence-electron chi connectivity index (χ0n) is 16.4. The lowest BCUT2D eigenvalue weighted by atomic mass is 9.69. The second kappa shape index (κ2) is 6.49. The summed E-state index contributed by atoms with van der Waals surface area (Å²) in [6, 6.07) is 26.9. The maximum absolute atomic E-state index is 2.37. The van der Waals surface area contributed by atoms with Crippen LogP contribution in [0.2, 0.25) is 0 Å². The summed E-state index contributed by atoms with van der Waals surface area (Å²) in [4.78, 5) is 0. The Morgan fingerprint density at radius 2 is 1.04 bits per heavy atom. The topological polar surface area (TPSA) is 0 Å². The third-order valence-corrected chi connectivity index (χ3v) is 6.11. The first-order valence-corrected chi connectivity index (χ1v) is 10.3. The Hall–Kier alpha value is -3.12. The molecule has 1 spiro atoms. The highest BCUT2D eigenvalue weighted by Crippen LogP contribution is 2.62. The molecule has 0 fully saturated rings. The van der Waals surface area contributed by atoms with E-state index in [0.717, 1.165) is 6.42 Å². The van der Waals surface area contributed by atoms with Gasteiger partial charge in [-0.15, -0.1) is 0 Å². The highest BCUT2D eigenvalue weighted by Gasteiger charge is 2.51. The van der Waals surface area contributed by atoms with Crippen molar-refractivity contribution in [3.63, 3.8) is 0 Å². The van der Waals surface area contributed by atoms with Crippen molar-refractivity contribution >= 4 is 5.57 Å². The van der Waals surface area contributed by atoms with Gasteiger partial charge in [-0.05, 0) is 50.9 Å². The minimum absolute atomic E-state index is 0.190. The third-order valence-electron chi connectivity index (χ3n) is 6.11. The molecular formula is C28H24. The Bertz CT molecular complexity index is 1110. The summed E-state index contributed by atoms with van der Waals surface area (Å²) in [6.07, 6.45) is 10.3. The molecule has 3 aliphatic carbocycles. The van der Waals surface area contributed by atoms with Gasteiger partial charge in [-0.25, -0.2) is 0 Å². The Morgan fingerprint density at radius 3 is 1.64 bits per heavy atom. The SMILES string of the molecule is C1=CC2=C(C=CC1)C1(c3ccccc32)c2ccccc2-c2ccccc21.CC. The fraction of sp³-hybridized carbons (Fsp3) is 0.143. The standard InChI is InChI=1S/C26H18.C2H6/c1-2-10-18-19-11-4-7-15-23(19)26(22(18)14-3-1)24-16-8-5-12-20(24)21-13-6-9-17-25(21)26;1-2/h2-17H,1H2;1-2H3. The predicted octanol–water partition coefficient (Wildman–Crippen LogP) is 7.31. The number of benzene rings is 3. The van der Waals surface area contributed by atoms with Crippen molar-refractivity contribution in [3.8, 4) is 11.1 Å². The molecule has 0 amide bonds. The van der Waals surface area contributed by atoms with Gasteiger partial charge in [0.2, 0.25) is 0 Å². The molecule has 0 heteroatoms. The molecule has 0 saturated carbocycles. The van der Waals surface area contributed by atoms with E-state index in [9.17, 15) is 0 Å². The fourth-order valence-electron chi connectivity index (χ4n) is 5.20. The normalized spacial score (nSPS) is 16.6. The van der Waals surface area contributed by atoms with Gasteiger partial charge in [-0.3, -0.25) is 0 Å². The van der Waals surface area contributed by atoms with Crippen LogP contribution in [0.1, 0.15) is 42.5 Å². The molecule has 0 aliphatic heterocycles. The van der Waals surface area contributed by atoms with Crippen LogP contribution in [0.25, 0.3) is 16.7 Å². The van der Waals surface area contributed by atoms with Gasteiger partial charge in [-0.2, -0.15) is 0 Å². The van der Waals surface area contributed by atoms with E-state index in [0.29, 0.717) is 0 Å². The molecule has 28 heavy (non-hydrogen) atoms. The average Bonchev–Trinajstić information content (AvgIpc) is 3.07. The summed E-state index contributed by atoms with van der Waals surface area (Å²) < 4.78 is 0. The molecular weight excluding hydrogens is 336 g/mol. The van der Waals surface area contributed by atoms with Gasteiger partial charge in [0.15, 0.2) is 0 Å². The molecule has 6 rings (SSSR count). The molecule has 0 atom stereocenters. The molecule has 0 nitrogen and oxygen atoms in total. The van der Waals surface area contributed by atoms with Gasteiger partial charge in [0.1, 0.15) is 0 Å². The van der Waals surface area contributed by atoms with Crippen molar-refractivity contribution in [3.05, 3.63) is 125 Å². The summed E-state index contributed by atoms with van der Waals surface area (Å²) in [5, 5.41) is 0. The molecule has 0 heterocycles. The maximum Gasteiger partial charge on any atom is 0.0725 e. The van der Waals surface area contributed by atoms with Crippen molar-refractivity contribution in [1.29, 1.82) is 0 Å². The second-order valence-corrected chi connectivity index (χ2v) is 7.25. The van der Waals surface area contributed by atoms with Gasteiger partial charge in [-0.1, -0.05) is 111 Å². The maximum atomic E-state index is 2.37. The molecule has 0 bridgehead atoms. The zero-order chi connectivity index (χ0) is 19.1. The van der Waals surface area contributed by atoms with Crippen LogP contribution < -0.4 is 0 Å². The van der Waals surface area contributed by atoms with Crippen molar-refractivity contribution in [2.75, 3.05) is 0 Å². The molecule has 0 aromatic heterocycles. The third kappa shape index (κ3) is 2.01. The summed E-state index contributed by atoms with van der Waals surface area (Å²) >= 11 is 0. The summed E-state index contributed by atoms with van der Waals surface area (Å²) in [7, 11) is 0. The van der Waals surface area contributed by atoms with E-state index in [-0.39, 0.29) is 5.41 Å². The first-order chi connectivity index (χ1) is 13.9. The van der Waals surface area contributed by atoms with Gasteiger partial charge in [0, 0.05) is 0 Å². The van der Waals surface area contributed by atoms with E-state index in [1.54, 1.807) is 0 Å². The molecule has 0 radical (unpaired) electrons. The zero-order valence-corrected chi connectivity index (χ0v) is 16.4. The molecule has 3 aromatic rings. The Labute approximate surface area is 167 Å². The van der Waals surface area contributed by atoms with Crippen molar-refractivity contribution < 1.29 is 0 Å². The summed E-state index contributed by atoms with van der Waals surface area (Å²) in [5.41, 5.74) is 11.0. The fourth-order valence-corrected chi connectivity index (χ4v) is 5.20. The monoisotopic (exact) mass is 360 g/mol. The van der Waals surface area contributed by atoms with E-state index in [4.69, 9.17) is 0 Å². The minimum atomic E-state index is -0.190. The van der Waals surface area contributed by atoms with Crippen molar-refractivity contribution in [1.82, 2.24) is 0 Å². The molecule has 3 aromatic carbocycles. The Morgan fingerprint density at radius 1 is 0.571 bits per heavy atom. The number of hydrogen-bond donors (Lipinski definition) is 0. The van der Waals surface area contributed by atoms with Crippen LogP contribution in [0.5, 0.6) is 0 Å². The smallest absolute Gasteiger partial charge is 0.0725 e. The molecule has 136 valence electrons. The van der Waals surface area contributed by atoms with Gasteiger partial charge in [0.05, 0.1) is 5.41 Å². The highest BCUT2D eigenvalue weighted by atomic mass is 14.5. The van der Waals surface area contributed by atoms with Crippen LogP contribution in [0.15, 0.2) is 103 Å². The second-order valence-electron chi connectivity index (χ2n) is 7.25. The van der Waals surface area contributed by atoms with Crippen molar-refractivity contribution in [2.24, 2.45) is 0 Å². The molecule has 3 aliphatic rings. The van der Waals surface area contributed by atoms with Crippen LogP contribution >= 0.6 is 0 Å². The van der Waals surface area contributed by atoms with E-state index in [2.05, 4.69) is 97.1 Å². The van der Waals surface area contributed by atoms with Gasteiger partial charge >= 0.3 is 0 Å². The van der Waals surface area contributed by atoms with Gasteiger partial charge in [0.25, 0.3) is 0 Å². The predicted molar refractivity (Wildman–Crippen MR) is 119 cm³/mol. The number of rotatable bonds is 0. The molecule has 0 unspecified atom stereocenters. The van der Waals surface area contributed by atoms with Crippen LogP contribution in [-0.4, -0.2) is 0 Å². The largest absolute Gasteiger partial charge is 0.0804 e. The minimum Gasteiger partial charge on any atom is -0.0804 e. The lowest BCUT2D eigenvalue weighted by Gasteiger charge is -2.31. The lowest BCUT2D eigenvalue weighted by Crippen LogP contribution is -2.26. The van der Waals surface area contributed by atoms with Crippen LogP contribution in [0, 0.1) is 0 Å². The quantitative estimate of drug-likeness (QED) is 0.394. The van der Waals surface area contributed by atoms with Gasteiger partial charge < -0.3 is 0 Å². The van der Waals surface area contributed by atoms with Crippen LogP contribution in [-0.2, 0) is 5.41 Å². The number of fused-ring (bicyclic) bond motifs is 9. The Kier molecular flexibility index (Phi) is 3.94. The molecule has 0 N–H and O–H groups in total. The van der Waals surface area contributed by atoms with Crippen molar-refractivity contribution in [2.45, 2.75) is 25.7 Å². The first-order valence-electron chi connectivity index (χ1n) is 10.3. The summed E-state index contributed by atoms with van der Waals surface area (Å²) in [5.74, 6) is 0. The van der Waals surface area contributed by atoms with E-state index >= 15 is 0 Å². The first kappa shape index (κ1) is 17.0. The van der Waals surface area contributed by atoms with Crippen LogP contribution in [0.3, 0.4) is 0 Å². The number of hydrogen-bond acceptors (Lipinski definition) is 0. The number of allylic oxidation sites excluding steroid dienone is 6. The summed E-state index contributed by atoms with van der Waals surface area (Å²) in [6.45, 7) is 4.00. The highest BCUT2D eigenvalue weighted by molar-refractivity contribution is 5.97. The van der Waals surface area contributed by atoms with E-state index < -0.39 is 0 Å².